The average molecular weight is 265 g/mol. The predicted molar refractivity (Wildman–Crippen MR) is 70.6 cm³/mol. The van der Waals surface area contributed by atoms with Crippen molar-refractivity contribution < 1.29 is 19.4 Å². The number of methoxy groups -OCH3 is 2. The van der Waals surface area contributed by atoms with Gasteiger partial charge in [0.1, 0.15) is 0 Å². The normalized spacial score (nSPS) is 15.7. The van der Waals surface area contributed by atoms with Crippen LogP contribution in [0.3, 0.4) is 0 Å². The molecule has 0 saturated heterocycles. The summed E-state index contributed by atoms with van der Waals surface area (Å²) in [5.41, 5.74) is 0.468. The summed E-state index contributed by atoms with van der Waals surface area (Å²) in [5, 5.41) is 11.5. The van der Waals surface area contributed by atoms with Crippen LogP contribution in [0.2, 0.25) is 0 Å². The Morgan fingerprint density at radius 3 is 2.53 bits per heavy atom. The molecule has 1 aromatic carbocycles. The molecule has 0 heterocycles. The number of carbonyl (C=O) groups is 1. The Labute approximate surface area is 112 Å². The van der Waals surface area contributed by atoms with Gasteiger partial charge in [0.2, 0.25) is 5.91 Å². The Kier molecular flexibility index (Phi) is 3.95. The molecule has 0 unspecified atom stereocenters. The van der Waals surface area contributed by atoms with E-state index >= 15 is 0 Å². The first kappa shape index (κ1) is 13.7. The van der Waals surface area contributed by atoms with Gasteiger partial charge in [-0.1, -0.05) is 6.07 Å². The van der Waals surface area contributed by atoms with E-state index < -0.39 is 5.41 Å². The van der Waals surface area contributed by atoms with Gasteiger partial charge in [-0.25, -0.2) is 0 Å². The summed E-state index contributed by atoms with van der Waals surface area (Å²) in [7, 11) is 3.16. The van der Waals surface area contributed by atoms with Crippen molar-refractivity contribution in [2.75, 3.05) is 27.4 Å². The maximum atomic E-state index is 12.1. The highest BCUT2D eigenvalue weighted by Gasteiger charge is 2.51. The van der Waals surface area contributed by atoms with Crippen molar-refractivity contribution in [3.05, 3.63) is 23.8 Å². The predicted octanol–water partition coefficient (Wildman–Crippen LogP) is 0.844. The van der Waals surface area contributed by atoms with Crippen molar-refractivity contribution in [1.82, 2.24) is 5.32 Å². The van der Waals surface area contributed by atoms with Crippen LogP contribution in [0.5, 0.6) is 11.5 Å². The lowest BCUT2D eigenvalue weighted by atomic mass is 9.94. The molecule has 0 aliphatic heterocycles. The Morgan fingerprint density at radius 2 is 2.00 bits per heavy atom. The van der Waals surface area contributed by atoms with Gasteiger partial charge in [-0.15, -0.1) is 0 Å². The van der Waals surface area contributed by atoms with Crippen molar-refractivity contribution in [3.8, 4) is 11.5 Å². The molecule has 19 heavy (non-hydrogen) atoms. The Morgan fingerprint density at radius 1 is 1.32 bits per heavy atom. The van der Waals surface area contributed by atoms with Crippen molar-refractivity contribution in [1.29, 1.82) is 0 Å². The molecule has 1 fully saturated rings. The summed E-state index contributed by atoms with van der Waals surface area (Å²) in [6.45, 7) is 0.238. The van der Waals surface area contributed by atoms with E-state index in [1.165, 1.54) is 0 Å². The van der Waals surface area contributed by atoms with Crippen LogP contribution in [0.15, 0.2) is 18.2 Å². The zero-order chi connectivity index (χ0) is 13.9. The van der Waals surface area contributed by atoms with E-state index in [0.717, 1.165) is 18.4 Å². The fourth-order valence-electron chi connectivity index (χ4n) is 2.24. The van der Waals surface area contributed by atoms with Gasteiger partial charge in [-0.3, -0.25) is 4.79 Å². The van der Waals surface area contributed by atoms with Crippen LogP contribution in [0, 0.1) is 0 Å². The first-order chi connectivity index (χ1) is 9.17. The number of aliphatic hydroxyl groups is 1. The average Bonchev–Trinajstić information content (AvgIpc) is 3.25. The van der Waals surface area contributed by atoms with E-state index in [0.29, 0.717) is 11.5 Å². The Hall–Kier alpha value is -1.75. The fraction of sp³-hybridized carbons (Fsp3) is 0.500. The number of benzene rings is 1. The molecule has 1 saturated carbocycles. The van der Waals surface area contributed by atoms with Gasteiger partial charge in [0.25, 0.3) is 0 Å². The monoisotopic (exact) mass is 265 g/mol. The lowest BCUT2D eigenvalue weighted by molar-refractivity contribution is -0.123. The molecule has 2 rings (SSSR count). The SMILES string of the molecule is COc1ccc(C2(C(=O)NCCO)CC2)cc1OC. The van der Waals surface area contributed by atoms with Gasteiger partial charge in [0.05, 0.1) is 26.2 Å². The highest BCUT2D eigenvalue weighted by Crippen LogP contribution is 2.50. The number of ether oxygens (including phenoxy) is 2. The second-order valence-electron chi connectivity index (χ2n) is 4.63. The van der Waals surface area contributed by atoms with Crippen LogP contribution in [-0.4, -0.2) is 38.4 Å². The van der Waals surface area contributed by atoms with Gasteiger partial charge < -0.3 is 19.9 Å². The lowest BCUT2D eigenvalue weighted by Gasteiger charge is -2.17. The third-order valence-corrected chi connectivity index (χ3v) is 3.52. The van der Waals surface area contributed by atoms with Crippen molar-refractivity contribution in [3.63, 3.8) is 0 Å². The fourth-order valence-corrected chi connectivity index (χ4v) is 2.24. The standard InChI is InChI=1S/C14H19NO4/c1-18-11-4-3-10(9-12(11)19-2)14(5-6-14)13(17)15-7-8-16/h3-4,9,16H,5-8H2,1-2H3,(H,15,17). The lowest BCUT2D eigenvalue weighted by Crippen LogP contribution is -2.36. The molecular formula is C14H19NO4. The van der Waals surface area contributed by atoms with Gasteiger partial charge in [0, 0.05) is 6.54 Å². The minimum atomic E-state index is -0.464. The van der Waals surface area contributed by atoms with Crippen LogP contribution in [-0.2, 0) is 10.2 Å². The van der Waals surface area contributed by atoms with E-state index in [9.17, 15) is 4.79 Å². The summed E-state index contributed by atoms with van der Waals surface area (Å²) in [6, 6.07) is 5.56. The Balaban J connectivity index is 2.24. The van der Waals surface area contributed by atoms with Crippen LogP contribution >= 0.6 is 0 Å². The summed E-state index contributed by atoms with van der Waals surface area (Å²) in [5.74, 6) is 1.24. The van der Waals surface area contributed by atoms with Crippen LogP contribution < -0.4 is 14.8 Å². The molecule has 1 aliphatic carbocycles. The van der Waals surface area contributed by atoms with Gasteiger partial charge in [-0.2, -0.15) is 0 Å². The molecule has 0 atom stereocenters. The van der Waals surface area contributed by atoms with E-state index in [4.69, 9.17) is 14.6 Å². The number of hydrogen-bond donors (Lipinski definition) is 2. The minimum absolute atomic E-state index is 0.0335. The van der Waals surface area contributed by atoms with Crippen molar-refractivity contribution in [2.24, 2.45) is 0 Å². The minimum Gasteiger partial charge on any atom is -0.493 e. The molecule has 0 spiro atoms. The van der Waals surface area contributed by atoms with Crippen molar-refractivity contribution >= 4 is 5.91 Å². The molecule has 104 valence electrons. The van der Waals surface area contributed by atoms with Crippen LogP contribution in [0.25, 0.3) is 0 Å². The molecule has 1 amide bonds. The molecule has 5 heteroatoms. The number of rotatable bonds is 6. The zero-order valence-corrected chi connectivity index (χ0v) is 11.2. The van der Waals surface area contributed by atoms with E-state index in [1.54, 1.807) is 14.2 Å². The van der Waals surface area contributed by atoms with Gasteiger partial charge in [-0.05, 0) is 30.5 Å². The summed E-state index contributed by atoms with van der Waals surface area (Å²) < 4.78 is 10.5. The molecule has 5 nitrogen and oxygen atoms in total. The Bertz CT molecular complexity index is 469. The van der Waals surface area contributed by atoms with Gasteiger partial charge in [0.15, 0.2) is 11.5 Å². The highest BCUT2D eigenvalue weighted by atomic mass is 16.5. The second kappa shape index (κ2) is 5.48. The maximum absolute atomic E-state index is 12.1. The highest BCUT2D eigenvalue weighted by molar-refractivity contribution is 5.91. The largest absolute Gasteiger partial charge is 0.493 e. The van der Waals surface area contributed by atoms with E-state index in [2.05, 4.69) is 5.32 Å². The van der Waals surface area contributed by atoms with Gasteiger partial charge >= 0.3 is 0 Å². The molecule has 1 aromatic rings. The quantitative estimate of drug-likeness (QED) is 0.800. The first-order valence-electron chi connectivity index (χ1n) is 6.29. The molecule has 0 radical (unpaired) electrons. The molecule has 0 aromatic heterocycles. The smallest absolute Gasteiger partial charge is 0.230 e. The third kappa shape index (κ3) is 2.51. The maximum Gasteiger partial charge on any atom is 0.230 e. The van der Waals surface area contributed by atoms with E-state index in [1.807, 2.05) is 18.2 Å². The number of aliphatic hydroxyl groups excluding tert-OH is 1. The molecule has 1 aliphatic rings. The summed E-state index contributed by atoms with van der Waals surface area (Å²) in [6.07, 6.45) is 1.64. The van der Waals surface area contributed by atoms with Crippen LogP contribution in [0.1, 0.15) is 18.4 Å². The third-order valence-electron chi connectivity index (χ3n) is 3.52. The first-order valence-corrected chi connectivity index (χ1v) is 6.29. The van der Waals surface area contributed by atoms with Crippen LogP contribution in [0.4, 0.5) is 0 Å². The van der Waals surface area contributed by atoms with E-state index in [-0.39, 0.29) is 19.1 Å². The molecule has 0 bridgehead atoms. The summed E-state index contributed by atoms with van der Waals surface area (Å²) >= 11 is 0. The number of nitrogens with one attached hydrogen (secondary N) is 1. The molecule has 2 N–H and O–H groups in total. The topological polar surface area (TPSA) is 67.8 Å². The summed E-state index contributed by atoms with van der Waals surface area (Å²) in [4.78, 5) is 12.1. The second-order valence-corrected chi connectivity index (χ2v) is 4.63. The number of hydrogen-bond acceptors (Lipinski definition) is 4. The zero-order valence-electron chi connectivity index (χ0n) is 11.2. The number of carbonyl (C=O) groups excluding carboxylic acids is 1. The van der Waals surface area contributed by atoms with Crippen molar-refractivity contribution in [2.45, 2.75) is 18.3 Å². The number of amides is 1. The molecular weight excluding hydrogens is 246 g/mol.